The first-order chi connectivity index (χ1) is 8.30. The fraction of sp³-hybridized carbons (Fsp3) is 1.00. The predicted molar refractivity (Wildman–Crippen MR) is 76.1 cm³/mol. The summed E-state index contributed by atoms with van der Waals surface area (Å²) in [6.07, 6.45) is 9.46. The van der Waals surface area contributed by atoms with Crippen molar-refractivity contribution in [3.05, 3.63) is 0 Å². The zero-order chi connectivity index (χ0) is 12.5. The van der Waals surface area contributed by atoms with Crippen LogP contribution in [0.3, 0.4) is 0 Å². The molecule has 1 aliphatic rings. The third kappa shape index (κ3) is 5.87. The minimum absolute atomic E-state index is 0.867. The molecule has 0 radical (unpaired) electrons. The lowest BCUT2D eigenvalue weighted by Gasteiger charge is -2.19. The Hall–Kier alpha value is -0.0800. The van der Waals surface area contributed by atoms with Gasteiger partial charge < -0.3 is 10.6 Å². The summed E-state index contributed by atoms with van der Waals surface area (Å²) in [6.45, 7) is 9.50. The molecule has 0 spiro atoms. The van der Waals surface area contributed by atoms with Crippen LogP contribution in [0, 0.1) is 11.8 Å². The number of hydrogen-bond donors (Lipinski definition) is 1. The second-order valence-electron chi connectivity index (χ2n) is 5.74. The minimum atomic E-state index is 0.867. The van der Waals surface area contributed by atoms with Crippen LogP contribution >= 0.6 is 0 Å². The van der Waals surface area contributed by atoms with Crippen LogP contribution < -0.4 is 5.73 Å². The van der Waals surface area contributed by atoms with Gasteiger partial charge in [0.2, 0.25) is 0 Å². The molecule has 0 saturated carbocycles. The van der Waals surface area contributed by atoms with Gasteiger partial charge in [-0.1, -0.05) is 33.1 Å². The van der Waals surface area contributed by atoms with Crippen molar-refractivity contribution in [1.29, 1.82) is 0 Å². The van der Waals surface area contributed by atoms with Gasteiger partial charge >= 0.3 is 0 Å². The lowest BCUT2D eigenvalue weighted by molar-refractivity contribution is 0.296. The van der Waals surface area contributed by atoms with Crippen LogP contribution in [0.1, 0.15) is 58.8 Å². The van der Waals surface area contributed by atoms with E-state index in [9.17, 15) is 0 Å². The van der Waals surface area contributed by atoms with Gasteiger partial charge in [-0.2, -0.15) is 0 Å². The second-order valence-corrected chi connectivity index (χ2v) is 5.74. The molecule has 0 aromatic rings. The first-order valence-corrected chi connectivity index (χ1v) is 7.72. The summed E-state index contributed by atoms with van der Waals surface area (Å²) >= 11 is 0. The largest absolute Gasteiger partial charge is 0.330 e. The molecule has 1 heterocycles. The SMILES string of the molecule is CCCC(CCN)CCCN1CCC(CC)C1. The first-order valence-electron chi connectivity index (χ1n) is 7.72. The quantitative estimate of drug-likeness (QED) is 0.670. The average molecular weight is 240 g/mol. The zero-order valence-electron chi connectivity index (χ0n) is 12.0. The van der Waals surface area contributed by atoms with Gasteiger partial charge in [-0.15, -0.1) is 0 Å². The van der Waals surface area contributed by atoms with Gasteiger partial charge in [-0.3, -0.25) is 0 Å². The summed E-state index contributed by atoms with van der Waals surface area (Å²) in [4.78, 5) is 2.67. The minimum Gasteiger partial charge on any atom is -0.330 e. The van der Waals surface area contributed by atoms with Crippen LogP contribution in [-0.2, 0) is 0 Å². The van der Waals surface area contributed by atoms with E-state index >= 15 is 0 Å². The maximum Gasteiger partial charge on any atom is 0.00100 e. The van der Waals surface area contributed by atoms with E-state index in [-0.39, 0.29) is 0 Å². The number of nitrogens with zero attached hydrogens (tertiary/aromatic N) is 1. The predicted octanol–water partition coefficient (Wildman–Crippen LogP) is 3.26. The molecule has 1 fully saturated rings. The Bertz CT molecular complexity index is 176. The molecule has 2 unspecified atom stereocenters. The van der Waals surface area contributed by atoms with Crippen molar-refractivity contribution < 1.29 is 0 Å². The molecule has 1 aliphatic heterocycles. The summed E-state index contributed by atoms with van der Waals surface area (Å²) in [5.74, 6) is 1.86. The molecule has 1 rings (SSSR count). The van der Waals surface area contributed by atoms with Crippen molar-refractivity contribution in [1.82, 2.24) is 4.90 Å². The molecule has 0 aromatic heterocycles. The Morgan fingerprint density at radius 3 is 2.65 bits per heavy atom. The summed E-state index contributed by atoms with van der Waals surface area (Å²) in [6, 6.07) is 0. The summed E-state index contributed by atoms with van der Waals surface area (Å²) < 4.78 is 0. The molecule has 2 atom stereocenters. The molecule has 0 aromatic carbocycles. The molecule has 17 heavy (non-hydrogen) atoms. The third-order valence-corrected chi connectivity index (χ3v) is 4.31. The normalized spacial score (nSPS) is 23.1. The van der Waals surface area contributed by atoms with Crippen molar-refractivity contribution in [2.24, 2.45) is 17.6 Å². The number of hydrogen-bond acceptors (Lipinski definition) is 2. The van der Waals surface area contributed by atoms with Crippen LogP contribution in [0.25, 0.3) is 0 Å². The Morgan fingerprint density at radius 2 is 2.06 bits per heavy atom. The molecule has 0 amide bonds. The van der Waals surface area contributed by atoms with E-state index in [4.69, 9.17) is 5.73 Å². The second kappa shape index (κ2) is 8.93. The first kappa shape index (κ1) is 15.0. The van der Waals surface area contributed by atoms with E-state index in [1.807, 2.05) is 0 Å². The molecule has 102 valence electrons. The molecule has 2 heteroatoms. The van der Waals surface area contributed by atoms with E-state index in [1.54, 1.807) is 0 Å². The fourth-order valence-electron chi connectivity index (χ4n) is 3.13. The van der Waals surface area contributed by atoms with Crippen molar-refractivity contribution >= 4 is 0 Å². The van der Waals surface area contributed by atoms with Crippen molar-refractivity contribution in [3.8, 4) is 0 Å². The smallest absolute Gasteiger partial charge is 0.00100 e. The number of rotatable bonds is 9. The highest BCUT2D eigenvalue weighted by Gasteiger charge is 2.20. The number of nitrogens with two attached hydrogens (primary N) is 1. The highest BCUT2D eigenvalue weighted by atomic mass is 15.1. The Balaban J connectivity index is 2.09. The van der Waals surface area contributed by atoms with Gasteiger partial charge in [-0.25, -0.2) is 0 Å². The zero-order valence-corrected chi connectivity index (χ0v) is 12.0. The average Bonchev–Trinajstić information content (AvgIpc) is 2.77. The maximum absolute atomic E-state index is 5.68. The van der Waals surface area contributed by atoms with Gasteiger partial charge in [0.1, 0.15) is 0 Å². The van der Waals surface area contributed by atoms with Gasteiger partial charge in [0.15, 0.2) is 0 Å². The molecule has 0 aliphatic carbocycles. The topological polar surface area (TPSA) is 29.3 Å². The standard InChI is InChI=1S/C15H32N2/c1-3-6-15(8-10-16)7-5-11-17-12-9-14(4-2)13-17/h14-15H,3-13,16H2,1-2H3. The van der Waals surface area contributed by atoms with Crippen LogP contribution in [0.15, 0.2) is 0 Å². The highest BCUT2D eigenvalue weighted by Crippen LogP contribution is 2.21. The van der Waals surface area contributed by atoms with Crippen molar-refractivity contribution in [2.45, 2.75) is 58.8 Å². The molecule has 0 bridgehead atoms. The van der Waals surface area contributed by atoms with Crippen LogP contribution in [0.2, 0.25) is 0 Å². The third-order valence-electron chi connectivity index (χ3n) is 4.31. The summed E-state index contributed by atoms with van der Waals surface area (Å²) in [5, 5.41) is 0. The van der Waals surface area contributed by atoms with Crippen molar-refractivity contribution in [3.63, 3.8) is 0 Å². The fourth-order valence-corrected chi connectivity index (χ4v) is 3.13. The van der Waals surface area contributed by atoms with Gasteiger partial charge in [0.25, 0.3) is 0 Å². The van der Waals surface area contributed by atoms with Crippen LogP contribution in [0.5, 0.6) is 0 Å². The summed E-state index contributed by atoms with van der Waals surface area (Å²) in [7, 11) is 0. The molecule has 1 saturated heterocycles. The van der Waals surface area contributed by atoms with E-state index < -0.39 is 0 Å². The molecular weight excluding hydrogens is 208 g/mol. The lowest BCUT2D eigenvalue weighted by Crippen LogP contribution is -2.22. The van der Waals surface area contributed by atoms with Gasteiger partial charge in [-0.05, 0) is 57.2 Å². The Morgan fingerprint density at radius 1 is 1.24 bits per heavy atom. The molecule has 2 nitrogen and oxygen atoms in total. The van der Waals surface area contributed by atoms with Crippen LogP contribution in [0.4, 0.5) is 0 Å². The summed E-state index contributed by atoms with van der Waals surface area (Å²) in [5.41, 5.74) is 5.68. The van der Waals surface area contributed by atoms with Crippen LogP contribution in [-0.4, -0.2) is 31.1 Å². The van der Waals surface area contributed by atoms with E-state index in [1.165, 1.54) is 64.6 Å². The monoisotopic (exact) mass is 240 g/mol. The number of likely N-dealkylation sites (tertiary alicyclic amines) is 1. The Labute approximate surface area is 108 Å². The van der Waals surface area contributed by atoms with Gasteiger partial charge in [0.05, 0.1) is 0 Å². The Kier molecular flexibility index (Phi) is 7.87. The van der Waals surface area contributed by atoms with E-state index in [0.717, 1.165) is 18.4 Å². The van der Waals surface area contributed by atoms with Gasteiger partial charge in [0, 0.05) is 6.54 Å². The highest BCUT2D eigenvalue weighted by molar-refractivity contribution is 4.74. The molecule has 2 N–H and O–H groups in total. The van der Waals surface area contributed by atoms with E-state index in [0.29, 0.717) is 0 Å². The maximum atomic E-state index is 5.68. The van der Waals surface area contributed by atoms with E-state index in [2.05, 4.69) is 18.7 Å². The molecular formula is C15H32N2. The van der Waals surface area contributed by atoms with Crippen molar-refractivity contribution in [2.75, 3.05) is 26.2 Å². The lowest BCUT2D eigenvalue weighted by atomic mass is 9.94.